The van der Waals surface area contributed by atoms with E-state index in [4.69, 9.17) is 23.2 Å². The number of anilines is 1. The summed E-state index contributed by atoms with van der Waals surface area (Å²) in [5.41, 5.74) is 2.97. The SMILES string of the molecule is Cc1csc(SCc2ccc(C(=O)N(C)CC(=O)Nc3c(Cl)cccc3Cl)cc2)n1. The molecule has 0 aliphatic rings. The van der Waals surface area contributed by atoms with Crippen molar-refractivity contribution in [3.63, 3.8) is 0 Å². The van der Waals surface area contributed by atoms with Gasteiger partial charge >= 0.3 is 0 Å². The van der Waals surface area contributed by atoms with Gasteiger partial charge in [0.05, 0.1) is 22.3 Å². The summed E-state index contributed by atoms with van der Waals surface area (Å²) in [7, 11) is 1.57. The molecule has 9 heteroatoms. The highest BCUT2D eigenvalue weighted by Crippen LogP contribution is 2.29. The summed E-state index contributed by atoms with van der Waals surface area (Å²) in [6.07, 6.45) is 0. The predicted molar refractivity (Wildman–Crippen MR) is 125 cm³/mol. The molecule has 2 aromatic carbocycles. The number of para-hydroxylation sites is 1. The number of nitrogens with zero attached hydrogens (tertiary/aromatic N) is 2. The van der Waals surface area contributed by atoms with Crippen LogP contribution in [0.4, 0.5) is 5.69 Å². The van der Waals surface area contributed by atoms with Crippen molar-refractivity contribution in [3.05, 3.63) is 74.7 Å². The number of aromatic nitrogens is 1. The normalized spacial score (nSPS) is 10.7. The first-order valence-corrected chi connectivity index (χ1v) is 11.6. The second kappa shape index (κ2) is 10.3. The molecule has 1 aromatic heterocycles. The molecule has 0 spiro atoms. The number of rotatable bonds is 7. The average Bonchev–Trinajstić information content (AvgIpc) is 3.14. The Kier molecular flexibility index (Phi) is 7.77. The molecule has 156 valence electrons. The van der Waals surface area contributed by atoms with E-state index in [2.05, 4.69) is 10.3 Å². The highest BCUT2D eigenvalue weighted by Gasteiger charge is 2.17. The zero-order valence-corrected chi connectivity index (χ0v) is 19.5. The molecule has 1 N–H and O–H groups in total. The molecule has 3 rings (SSSR count). The van der Waals surface area contributed by atoms with Crippen LogP contribution < -0.4 is 5.32 Å². The molecule has 1 heterocycles. The molecule has 2 amide bonds. The number of amides is 2. The Morgan fingerprint density at radius 1 is 1.13 bits per heavy atom. The van der Waals surface area contributed by atoms with E-state index in [0.717, 1.165) is 21.3 Å². The van der Waals surface area contributed by atoms with Crippen LogP contribution in [0.1, 0.15) is 21.6 Å². The van der Waals surface area contributed by atoms with E-state index < -0.39 is 0 Å². The van der Waals surface area contributed by atoms with Gasteiger partial charge in [0.15, 0.2) is 0 Å². The summed E-state index contributed by atoms with van der Waals surface area (Å²) in [4.78, 5) is 30.7. The van der Waals surface area contributed by atoms with Gasteiger partial charge in [-0.1, -0.05) is 53.2 Å². The average molecular weight is 480 g/mol. The van der Waals surface area contributed by atoms with E-state index in [1.54, 1.807) is 60.5 Å². The van der Waals surface area contributed by atoms with Gasteiger partial charge in [-0.3, -0.25) is 9.59 Å². The molecule has 0 fully saturated rings. The van der Waals surface area contributed by atoms with Crippen LogP contribution >= 0.6 is 46.3 Å². The number of carbonyl (C=O) groups excluding carboxylic acids is 2. The molecular formula is C21H19Cl2N3O2S2. The number of hydrogen-bond donors (Lipinski definition) is 1. The lowest BCUT2D eigenvalue weighted by atomic mass is 10.1. The minimum atomic E-state index is -0.382. The molecule has 30 heavy (non-hydrogen) atoms. The number of halogens is 2. The Morgan fingerprint density at radius 2 is 1.80 bits per heavy atom. The lowest BCUT2D eigenvalue weighted by Crippen LogP contribution is -2.35. The molecule has 3 aromatic rings. The van der Waals surface area contributed by atoms with Gasteiger partial charge in [0.25, 0.3) is 5.91 Å². The van der Waals surface area contributed by atoms with E-state index in [1.807, 2.05) is 24.4 Å². The molecule has 0 radical (unpaired) electrons. The molecule has 0 atom stereocenters. The van der Waals surface area contributed by atoms with Crippen molar-refractivity contribution >= 4 is 63.8 Å². The number of carbonyl (C=O) groups is 2. The standard InChI is InChI=1S/C21H19Cl2N3O2S2/c1-13-11-29-21(24-13)30-12-14-6-8-15(9-7-14)20(28)26(2)10-18(27)25-19-16(22)4-3-5-17(19)23/h3-9,11H,10,12H2,1-2H3,(H,25,27). The lowest BCUT2D eigenvalue weighted by Gasteiger charge is -2.17. The third-order valence-electron chi connectivity index (χ3n) is 4.12. The number of hydrogen-bond acceptors (Lipinski definition) is 5. The zero-order valence-electron chi connectivity index (χ0n) is 16.3. The molecule has 0 aliphatic carbocycles. The van der Waals surface area contributed by atoms with Gasteiger partial charge in [0.1, 0.15) is 4.34 Å². The molecule has 0 aliphatic heterocycles. The zero-order chi connectivity index (χ0) is 21.7. The minimum absolute atomic E-state index is 0.124. The van der Waals surface area contributed by atoms with E-state index >= 15 is 0 Å². The van der Waals surface area contributed by atoms with Crippen LogP contribution in [0, 0.1) is 6.92 Å². The van der Waals surface area contributed by atoms with Crippen molar-refractivity contribution in [1.82, 2.24) is 9.88 Å². The summed E-state index contributed by atoms with van der Waals surface area (Å²) in [5, 5.41) is 5.36. The maximum atomic E-state index is 12.6. The van der Waals surface area contributed by atoms with Crippen LogP contribution in [-0.4, -0.2) is 35.3 Å². The van der Waals surface area contributed by atoms with Gasteiger partial charge in [0, 0.05) is 29.4 Å². The highest BCUT2D eigenvalue weighted by molar-refractivity contribution is 8.00. The first kappa shape index (κ1) is 22.6. The summed E-state index contributed by atoms with van der Waals surface area (Å²) >= 11 is 15.4. The van der Waals surface area contributed by atoms with E-state index in [0.29, 0.717) is 21.3 Å². The number of benzene rings is 2. The Bertz CT molecular complexity index is 1030. The predicted octanol–water partition coefficient (Wildman–Crippen LogP) is 5.76. The van der Waals surface area contributed by atoms with Crippen LogP contribution in [0.15, 0.2) is 52.2 Å². The quantitative estimate of drug-likeness (QED) is 0.437. The summed E-state index contributed by atoms with van der Waals surface area (Å²) in [5.74, 6) is 0.149. The van der Waals surface area contributed by atoms with E-state index in [1.165, 1.54) is 4.90 Å². The van der Waals surface area contributed by atoms with Gasteiger partial charge in [-0.05, 0) is 36.8 Å². The van der Waals surface area contributed by atoms with Crippen molar-refractivity contribution < 1.29 is 9.59 Å². The smallest absolute Gasteiger partial charge is 0.254 e. The van der Waals surface area contributed by atoms with Crippen LogP contribution in [0.2, 0.25) is 10.0 Å². The summed E-state index contributed by atoms with van der Waals surface area (Å²) in [6, 6.07) is 12.3. The van der Waals surface area contributed by atoms with Crippen LogP contribution in [-0.2, 0) is 10.5 Å². The maximum absolute atomic E-state index is 12.6. The Labute approximate surface area is 193 Å². The largest absolute Gasteiger partial charge is 0.332 e. The second-order valence-electron chi connectivity index (χ2n) is 6.55. The van der Waals surface area contributed by atoms with Gasteiger partial charge < -0.3 is 10.2 Å². The second-order valence-corrected chi connectivity index (χ2v) is 9.44. The maximum Gasteiger partial charge on any atom is 0.254 e. The fraction of sp³-hybridized carbons (Fsp3) is 0.190. The monoisotopic (exact) mass is 479 g/mol. The molecule has 0 unspecified atom stereocenters. The highest BCUT2D eigenvalue weighted by atomic mass is 35.5. The molecular weight excluding hydrogens is 461 g/mol. The van der Waals surface area contributed by atoms with E-state index in [9.17, 15) is 9.59 Å². The van der Waals surface area contributed by atoms with Crippen molar-refractivity contribution in [2.75, 3.05) is 18.9 Å². The van der Waals surface area contributed by atoms with Gasteiger partial charge in [-0.2, -0.15) is 0 Å². The fourth-order valence-corrected chi connectivity index (χ4v) is 4.89. The summed E-state index contributed by atoms with van der Waals surface area (Å²) in [6.45, 7) is 1.85. The van der Waals surface area contributed by atoms with Gasteiger partial charge in [0.2, 0.25) is 5.91 Å². The minimum Gasteiger partial charge on any atom is -0.332 e. The molecule has 5 nitrogen and oxygen atoms in total. The third kappa shape index (κ3) is 5.98. The van der Waals surface area contributed by atoms with Crippen LogP contribution in [0.3, 0.4) is 0 Å². The Hall–Kier alpha value is -2.06. The first-order valence-electron chi connectivity index (χ1n) is 8.96. The number of aryl methyl sites for hydroxylation is 1. The Balaban J connectivity index is 1.55. The number of thiazole rings is 1. The van der Waals surface area contributed by atoms with Crippen molar-refractivity contribution in [1.29, 1.82) is 0 Å². The van der Waals surface area contributed by atoms with Crippen molar-refractivity contribution in [2.45, 2.75) is 17.0 Å². The topological polar surface area (TPSA) is 62.3 Å². The van der Waals surface area contributed by atoms with Gasteiger partial charge in [-0.15, -0.1) is 11.3 Å². The Morgan fingerprint density at radius 3 is 2.40 bits per heavy atom. The molecule has 0 saturated heterocycles. The number of thioether (sulfide) groups is 1. The number of likely N-dealkylation sites (N-methyl/N-ethyl adjacent to an activating group) is 1. The number of nitrogens with one attached hydrogen (secondary N) is 1. The van der Waals surface area contributed by atoms with Gasteiger partial charge in [-0.25, -0.2) is 4.98 Å². The van der Waals surface area contributed by atoms with E-state index in [-0.39, 0.29) is 18.4 Å². The lowest BCUT2D eigenvalue weighted by molar-refractivity contribution is -0.116. The molecule has 0 bridgehead atoms. The third-order valence-corrected chi connectivity index (χ3v) is 6.96. The summed E-state index contributed by atoms with van der Waals surface area (Å²) < 4.78 is 1.03. The van der Waals surface area contributed by atoms with Crippen LogP contribution in [0.25, 0.3) is 0 Å². The van der Waals surface area contributed by atoms with Crippen LogP contribution in [0.5, 0.6) is 0 Å². The van der Waals surface area contributed by atoms with Crippen molar-refractivity contribution in [3.8, 4) is 0 Å². The fourth-order valence-electron chi connectivity index (χ4n) is 2.59. The van der Waals surface area contributed by atoms with Crippen molar-refractivity contribution in [2.24, 2.45) is 0 Å². The first-order chi connectivity index (χ1) is 14.3. The molecule has 0 saturated carbocycles.